The second kappa shape index (κ2) is 7.96. The standard InChI is InChI=1S/C21H23N3O4S/c25-20-14-16(15-24(20)18-6-2-1-3-7-18)21(26)22-17-8-10-19(11-9-17)29(27,28)23-12-4-5-13-23/h1-3,6-11,16H,4-5,12-15H2,(H,22,26)/t16-/m0/s1. The molecule has 0 aromatic heterocycles. The highest BCUT2D eigenvalue weighted by molar-refractivity contribution is 7.89. The number of carbonyl (C=O) groups is 2. The third-order valence-corrected chi connectivity index (χ3v) is 7.30. The van der Waals surface area contributed by atoms with Crippen molar-refractivity contribution in [2.75, 3.05) is 29.9 Å². The molecule has 2 aliphatic heterocycles. The molecule has 2 saturated heterocycles. The van der Waals surface area contributed by atoms with Gasteiger partial charge in [0.25, 0.3) is 0 Å². The van der Waals surface area contributed by atoms with Crippen molar-refractivity contribution in [2.24, 2.45) is 5.92 Å². The molecule has 29 heavy (non-hydrogen) atoms. The van der Waals surface area contributed by atoms with Gasteiger partial charge in [0.05, 0.1) is 10.8 Å². The Kier molecular flexibility index (Phi) is 5.38. The summed E-state index contributed by atoms with van der Waals surface area (Å²) >= 11 is 0. The average molecular weight is 413 g/mol. The van der Waals surface area contributed by atoms with Crippen molar-refractivity contribution >= 4 is 33.2 Å². The Hall–Kier alpha value is -2.71. The molecule has 2 fully saturated rings. The first-order valence-corrected chi connectivity index (χ1v) is 11.2. The van der Waals surface area contributed by atoms with Gasteiger partial charge in [0.1, 0.15) is 0 Å². The Morgan fingerprint density at radius 1 is 0.966 bits per heavy atom. The fourth-order valence-corrected chi connectivity index (χ4v) is 5.29. The predicted molar refractivity (Wildman–Crippen MR) is 110 cm³/mol. The van der Waals surface area contributed by atoms with Crippen molar-refractivity contribution in [1.29, 1.82) is 0 Å². The van der Waals surface area contributed by atoms with Crippen LogP contribution in [0.3, 0.4) is 0 Å². The minimum absolute atomic E-state index is 0.0802. The third kappa shape index (κ3) is 4.04. The fraction of sp³-hybridized carbons (Fsp3) is 0.333. The molecule has 1 N–H and O–H groups in total. The van der Waals surface area contributed by atoms with E-state index in [0.29, 0.717) is 25.3 Å². The number of para-hydroxylation sites is 1. The Balaban J connectivity index is 1.41. The van der Waals surface area contributed by atoms with Crippen LogP contribution in [0.5, 0.6) is 0 Å². The van der Waals surface area contributed by atoms with Crippen molar-refractivity contribution < 1.29 is 18.0 Å². The minimum Gasteiger partial charge on any atom is -0.326 e. The molecule has 0 unspecified atom stereocenters. The number of amides is 2. The summed E-state index contributed by atoms with van der Waals surface area (Å²) in [5, 5.41) is 2.80. The summed E-state index contributed by atoms with van der Waals surface area (Å²) in [4.78, 5) is 26.8. The zero-order valence-electron chi connectivity index (χ0n) is 16.0. The van der Waals surface area contributed by atoms with Gasteiger partial charge in [-0.25, -0.2) is 8.42 Å². The van der Waals surface area contributed by atoms with E-state index in [1.807, 2.05) is 30.3 Å². The van der Waals surface area contributed by atoms with E-state index >= 15 is 0 Å². The van der Waals surface area contributed by atoms with E-state index in [2.05, 4.69) is 5.32 Å². The monoisotopic (exact) mass is 413 g/mol. The summed E-state index contributed by atoms with van der Waals surface area (Å²) in [6.45, 7) is 1.43. The van der Waals surface area contributed by atoms with Gasteiger partial charge in [-0.05, 0) is 49.2 Å². The van der Waals surface area contributed by atoms with E-state index in [-0.39, 0.29) is 23.1 Å². The molecule has 2 aromatic carbocycles. The van der Waals surface area contributed by atoms with Gasteiger partial charge in [-0.15, -0.1) is 0 Å². The molecule has 2 heterocycles. The van der Waals surface area contributed by atoms with Gasteiger partial charge in [-0.3, -0.25) is 9.59 Å². The highest BCUT2D eigenvalue weighted by Gasteiger charge is 2.35. The Morgan fingerprint density at radius 2 is 1.62 bits per heavy atom. The maximum absolute atomic E-state index is 12.6. The lowest BCUT2D eigenvalue weighted by atomic mass is 10.1. The summed E-state index contributed by atoms with van der Waals surface area (Å²) in [7, 11) is -3.48. The molecule has 0 aliphatic carbocycles. The Morgan fingerprint density at radius 3 is 2.28 bits per heavy atom. The lowest BCUT2D eigenvalue weighted by Crippen LogP contribution is -2.28. The van der Waals surface area contributed by atoms with E-state index in [4.69, 9.17) is 0 Å². The molecule has 2 aliphatic rings. The molecule has 8 heteroatoms. The van der Waals surface area contributed by atoms with Crippen LogP contribution >= 0.6 is 0 Å². The first kappa shape index (κ1) is 19.6. The van der Waals surface area contributed by atoms with Gasteiger partial charge in [-0.2, -0.15) is 4.31 Å². The smallest absolute Gasteiger partial charge is 0.243 e. The van der Waals surface area contributed by atoms with Crippen LogP contribution < -0.4 is 10.2 Å². The van der Waals surface area contributed by atoms with Crippen molar-refractivity contribution in [3.05, 3.63) is 54.6 Å². The highest BCUT2D eigenvalue weighted by atomic mass is 32.2. The molecular formula is C21H23N3O4S. The molecule has 0 saturated carbocycles. The second-order valence-corrected chi connectivity index (χ2v) is 9.30. The van der Waals surface area contributed by atoms with Crippen LogP contribution in [0.2, 0.25) is 0 Å². The number of hydrogen-bond donors (Lipinski definition) is 1. The molecular weight excluding hydrogens is 390 g/mol. The number of hydrogen-bond acceptors (Lipinski definition) is 4. The Bertz CT molecular complexity index is 1000. The molecule has 152 valence electrons. The van der Waals surface area contributed by atoms with E-state index in [1.165, 1.54) is 16.4 Å². The molecule has 0 spiro atoms. The molecule has 7 nitrogen and oxygen atoms in total. The zero-order chi connectivity index (χ0) is 20.4. The largest absolute Gasteiger partial charge is 0.326 e. The van der Waals surface area contributed by atoms with Gasteiger partial charge in [0, 0.05) is 37.4 Å². The quantitative estimate of drug-likeness (QED) is 0.816. The summed E-state index contributed by atoms with van der Waals surface area (Å²) in [5.41, 5.74) is 1.30. The first-order valence-electron chi connectivity index (χ1n) is 9.71. The van der Waals surface area contributed by atoms with Gasteiger partial charge in [-0.1, -0.05) is 18.2 Å². The number of benzene rings is 2. The zero-order valence-corrected chi connectivity index (χ0v) is 16.8. The topological polar surface area (TPSA) is 86.8 Å². The summed E-state index contributed by atoms with van der Waals surface area (Å²) < 4.78 is 26.6. The first-order chi connectivity index (χ1) is 13.9. The summed E-state index contributed by atoms with van der Waals surface area (Å²) in [6.07, 6.45) is 1.92. The van der Waals surface area contributed by atoms with Crippen LogP contribution in [-0.4, -0.2) is 44.2 Å². The Labute approximate surface area is 170 Å². The average Bonchev–Trinajstić information content (AvgIpc) is 3.39. The highest BCUT2D eigenvalue weighted by Crippen LogP contribution is 2.26. The van der Waals surface area contributed by atoms with Crippen LogP contribution in [0.15, 0.2) is 59.5 Å². The SMILES string of the molecule is O=C(Nc1ccc(S(=O)(=O)N2CCCC2)cc1)[C@H]1CC(=O)N(c2ccccc2)C1. The fourth-order valence-electron chi connectivity index (χ4n) is 3.77. The number of anilines is 2. The number of rotatable bonds is 5. The van der Waals surface area contributed by atoms with Gasteiger partial charge >= 0.3 is 0 Å². The van der Waals surface area contributed by atoms with Gasteiger partial charge < -0.3 is 10.2 Å². The minimum atomic E-state index is -3.48. The number of nitrogens with one attached hydrogen (secondary N) is 1. The number of sulfonamides is 1. The van der Waals surface area contributed by atoms with Gasteiger partial charge in [0.2, 0.25) is 21.8 Å². The van der Waals surface area contributed by atoms with Crippen LogP contribution in [-0.2, 0) is 19.6 Å². The lowest BCUT2D eigenvalue weighted by Gasteiger charge is -2.17. The molecule has 0 radical (unpaired) electrons. The molecule has 4 rings (SSSR count). The van der Waals surface area contributed by atoms with E-state index in [9.17, 15) is 18.0 Å². The molecule has 0 bridgehead atoms. The molecule has 2 aromatic rings. The maximum atomic E-state index is 12.6. The third-order valence-electron chi connectivity index (χ3n) is 5.39. The lowest BCUT2D eigenvalue weighted by molar-refractivity contribution is -0.122. The van der Waals surface area contributed by atoms with Crippen LogP contribution in [0.4, 0.5) is 11.4 Å². The van der Waals surface area contributed by atoms with E-state index < -0.39 is 15.9 Å². The van der Waals surface area contributed by atoms with Crippen LogP contribution in [0.1, 0.15) is 19.3 Å². The van der Waals surface area contributed by atoms with Crippen LogP contribution in [0, 0.1) is 5.92 Å². The number of nitrogens with zero attached hydrogens (tertiary/aromatic N) is 2. The summed E-state index contributed by atoms with van der Waals surface area (Å²) in [5.74, 6) is -0.772. The van der Waals surface area contributed by atoms with E-state index in [1.54, 1.807) is 17.0 Å². The van der Waals surface area contributed by atoms with Crippen molar-refractivity contribution in [2.45, 2.75) is 24.2 Å². The molecule has 2 amide bonds. The van der Waals surface area contributed by atoms with Gasteiger partial charge in [0.15, 0.2) is 0 Å². The number of carbonyl (C=O) groups excluding carboxylic acids is 2. The van der Waals surface area contributed by atoms with E-state index in [0.717, 1.165) is 18.5 Å². The molecule has 1 atom stereocenters. The van der Waals surface area contributed by atoms with Crippen molar-refractivity contribution in [3.8, 4) is 0 Å². The normalized spacial score (nSPS) is 20.2. The second-order valence-electron chi connectivity index (χ2n) is 7.37. The van der Waals surface area contributed by atoms with Crippen LogP contribution in [0.25, 0.3) is 0 Å². The van der Waals surface area contributed by atoms with Crippen molar-refractivity contribution in [1.82, 2.24) is 4.31 Å². The predicted octanol–water partition coefficient (Wildman–Crippen LogP) is 2.46. The maximum Gasteiger partial charge on any atom is 0.243 e. The van der Waals surface area contributed by atoms with Crippen molar-refractivity contribution in [3.63, 3.8) is 0 Å². The summed E-state index contributed by atoms with van der Waals surface area (Å²) in [6, 6.07) is 15.5.